The third-order valence-corrected chi connectivity index (χ3v) is 3.02. The summed E-state index contributed by atoms with van der Waals surface area (Å²) < 4.78 is 6.70. The van der Waals surface area contributed by atoms with Crippen LogP contribution in [0.2, 0.25) is 0 Å². The van der Waals surface area contributed by atoms with Gasteiger partial charge in [0.25, 0.3) is 0 Å². The molecule has 2 nitrogen and oxygen atoms in total. The number of nitrogen functional groups attached to an aromatic ring is 1. The van der Waals surface area contributed by atoms with Crippen LogP contribution in [0.5, 0.6) is 5.75 Å². The standard InChI is InChI=1S/C12H18BrNO/c1-4-8(3)15-12-10(13)6-9(5-2)7-11(12)14/h6-8H,4-5,14H2,1-3H3. The first-order chi connectivity index (χ1) is 7.08. The summed E-state index contributed by atoms with van der Waals surface area (Å²) in [4.78, 5) is 0. The predicted octanol–water partition coefficient (Wildman–Crippen LogP) is 3.77. The highest BCUT2D eigenvalue weighted by Crippen LogP contribution is 2.34. The zero-order valence-electron chi connectivity index (χ0n) is 9.51. The van der Waals surface area contributed by atoms with Gasteiger partial charge in [0.2, 0.25) is 0 Å². The third-order valence-electron chi connectivity index (χ3n) is 2.43. The minimum Gasteiger partial charge on any atom is -0.487 e. The zero-order chi connectivity index (χ0) is 11.4. The van der Waals surface area contributed by atoms with Gasteiger partial charge in [-0.2, -0.15) is 0 Å². The van der Waals surface area contributed by atoms with Gasteiger partial charge in [0, 0.05) is 0 Å². The molecule has 0 aliphatic carbocycles. The van der Waals surface area contributed by atoms with Crippen LogP contribution in [0.1, 0.15) is 32.8 Å². The summed E-state index contributed by atoms with van der Waals surface area (Å²) in [6.07, 6.45) is 2.14. The van der Waals surface area contributed by atoms with E-state index in [2.05, 4.69) is 35.8 Å². The summed E-state index contributed by atoms with van der Waals surface area (Å²) in [5, 5.41) is 0. The minimum absolute atomic E-state index is 0.191. The fourth-order valence-corrected chi connectivity index (χ4v) is 1.90. The van der Waals surface area contributed by atoms with Crippen molar-refractivity contribution >= 4 is 21.6 Å². The predicted molar refractivity (Wildman–Crippen MR) is 68.3 cm³/mol. The van der Waals surface area contributed by atoms with Crippen LogP contribution in [0.3, 0.4) is 0 Å². The Morgan fingerprint density at radius 2 is 2.07 bits per heavy atom. The summed E-state index contributed by atoms with van der Waals surface area (Å²) in [6, 6.07) is 4.04. The Morgan fingerprint density at radius 1 is 1.40 bits per heavy atom. The van der Waals surface area contributed by atoms with Gasteiger partial charge in [-0.15, -0.1) is 0 Å². The van der Waals surface area contributed by atoms with E-state index < -0.39 is 0 Å². The smallest absolute Gasteiger partial charge is 0.156 e. The van der Waals surface area contributed by atoms with Crippen LogP contribution >= 0.6 is 15.9 Å². The molecule has 0 saturated carbocycles. The van der Waals surface area contributed by atoms with Gasteiger partial charge in [0.15, 0.2) is 5.75 Å². The zero-order valence-corrected chi connectivity index (χ0v) is 11.1. The van der Waals surface area contributed by atoms with Gasteiger partial charge in [-0.1, -0.05) is 13.8 Å². The number of benzene rings is 1. The molecule has 0 amide bonds. The lowest BCUT2D eigenvalue weighted by Crippen LogP contribution is -2.11. The second-order valence-electron chi connectivity index (χ2n) is 3.69. The number of ether oxygens (including phenoxy) is 1. The lowest BCUT2D eigenvalue weighted by molar-refractivity contribution is 0.217. The molecule has 0 fully saturated rings. The molecule has 84 valence electrons. The van der Waals surface area contributed by atoms with Crippen molar-refractivity contribution in [1.82, 2.24) is 0 Å². The highest BCUT2D eigenvalue weighted by atomic mass is 79.9. The Labute approximate surface area is 99.9 Å². The molecule has 3 heteroatoms. The molecule has 0 aromatic heterocycles. The van der Waals surface area contributed by atoms with Crippen LogP contribution in [-0.4, -0.2) is 6.10 Å². The van der Waals surface area contributed by atoms with Crippen molar-refractivity contribution in [2.45, 2.75) is 39.7 Å². The topological polar surface area (TPSA) is 35.2 Å². The van der Waals surface area contributed by atoms with E-state index in [0.717, 1.165) is 23.1 Å². The van der Waals surface area contributed by atoms with Crippen LogP contribution in [0, 0.1) is 0 Å². The lowest BCUT2D eigenvalue weighted by atomic mass is 10.1. The average molecular weight is 272 g/mol. The summed E-state index contributed by atoms with van der Waals surface area (Å²) >= 11 is 3.49. The van der Waals surface area contributed by atoms with Gasteiger partial charge < -0.3 is 10.5 Å². The monoisotopic (exact) mass is 271 g/mol. The van der Waals surface area contributed by atoms with E-state index in [1.54, 1.807) is 0 Å². The fourth-order valence-electron chi connectivity index (χ4n) is 1.29. The van der Waals surface area contributed by atoms with Crippen molar-refractivity contribution in [1.29, 1.82) is 0 Å². The van der Waals surface area contributed by atoms with E-state index in [-0.39, 0.29) is 6.10 Å². The van der Waals surface area contributed by atoms with E-state index in [4.69, 9.17) is 10.5 Å². The number of aryl methyl sites for hydroxylation is 1. The molecule has 1 atom stereocenters. The van der Waals surface area contributed by atoms with Crippen molar-refractivity contribution in [2.24, 2.45) is 0 Å². The maximum atomic E-state index is 5.95. The largest absolute Gasteiger partial charge is 0.487 e. The molecule has 15 heavy (non-hydrogen) atoms. The van der Waals surface area contributed by atoms with E-state index >= 15 is 0 Å². The van der Waals surface area contributed by atoms with Gasteiger partial charge in [-0.05, 0) is 53.4 Å². The first kappa shape index (κ1) is 12.4. The Hall–Kier alpha value is -0.700. The second kappa shape index (κ2) is 5.40. The molecule has 0 bridgehead atoms. The normalized spacial score (nSPS) is 12.5. The molecule has 2 N–H and O–H groups in total. The maximum absolute atomic E-state index is 5.95. The molecule has 0 spiro atoms. The van der Waals surface area contributed by atoms with E-state index in [9.17, 15) is 0 Å². The van der Waals surface area contributed by atoms with Crippen LogP contribution in [0.15, 0.2) is 16.6 Å². The van der Waals surface area contributed by atoms with Crippen LogP contribution in [0.4, 0.5) is 5.69 Å². The first-order valence-electron chi connectivity index (χ1n) is 5.33. The Morgan fingerprint density at radius 3 is 2.53 bits per heavy atom. The maximum Gasteiger partial charge on any atom is 0.156 e. The number of rotatable bonds is 4. The van der Waals surface area contributed by atoms with Gasteiger partial charge in [0.05, 0.1) is 16.3 Å². The minimum atomic E-state index is 0.191. The molecule has 1 aromatic rings. The van der Waals surface area contributed by atoms with Crippen molar-refractivity contribution in [3.05, 3.63) is 22.2 Å². The number of hydrogen-bond donors (Lipinski definition) is 1. The van der Waals surface area contributed by atoms with Crippen LogP contribution in [-0.2, 0) is 6.42 Å². The van der Waals surface area contributed by atoms with Crippen molar-refractivity contribution in [2.75, 3.05) is 5.73 Å². The van der Waals surface area contributed by atoms with Gasteiger partial charge >= 0.3 is 0 Å². The second-order valence-corrected chi connectivity index (χ2v) is 4.54. The number of halogens is 1. The number of anilines is 1. The molecule has 0 aliphatic heterocycles. The summed E-state index contributed by atoms with van der Waals surface area (Å²) in [6.45, 7) is 6.24. The molecule has 0 heterocycles. The quantitative estimate of drug-likeness (QED) is 0.847. The SMILES string of the molecule is CCc1cc(N)c(OC(C)CC)c(Br)c1. The fraction of sp³-hybridized carbons (Fsp3) is 0.500. The molecule has 1 rings (SSSR count). The summed E-state index contributed by atoms with van der Waals surface area (Å²) in [5.41, 5.74) is 7.87. The lowest BCUT2D eigenvalue weighted by Gasteiger charge is -2.16. The van der Waals surface area contributed by atoms with Crippen LogP contribution in [0.25, 0.3) is 0 Å². The molecular formula is C12H18BrNO. The highest BCUT2D eigenvalue weighted by Gasteiger charge is 2.10. The van der Waals surface area contributed by atoms with Gasteiger partial charge in [-0.25, -0.2) is 0 Å². The molecule has 1 aromatic carbocycles. The average Bonchev–Trinajstić information content (AvgIpc) is 2.22. The van der Waals surface area contributed by atoms with Gasteiger partial charge in [-0.3, -0.25) is 0 Å². The van der Waals surface area contributed by atoms with Crippen molar-refractivity contribution < 1.29 is 4.74 Å². The molecule has 0 aliphatic rings. The highest BCUT2D eigenvalue weighted by molar-refractivity contribution is 9.10. The molecular weight excluding hydrogens is 254 g/mol. The molecule has 0 saturated heterocycles. The first-order valence-corrected chi connectivity index (χ1v) is 6.12. The van der Waals surface area contributed by atoms with E-state index in [0.29, 0.717) is 5.69 Å². The van der Waals surface area contributed by atoms with Crippen LogP contribution < -0.4 is 10.5 Å². The van der Waals surface area contributed by atoms with E-state index in [1.807, 2.05) is 13.0 Å². The Bertz CT molecular complexity index is 315. The van der Waals surface area contributed by atoms with Gasteiger partial charge in [0.1, 0.15) is 0 Å². The Kier molecular flexibility index (Phi) is 4.45. The number of hydrogen-bond acceptors (Lipinski definition) is 2. The molecule has 0 radical (unpaired) electrons. The summed E-state index contributed by atoms with van der Waals surface area (Å²) in [7, 11) is 0. The third kappa shape index (κ3) is 3.13. The van der Waals surface area contributed by atoms with Crippen molar-refractivity contribution in [3.8, 4) is 5.75 Å². The molecule has 1 unspecified atom stereocenters. The summed E-state index contributed by atoms with van der Waals surface area (Å²) in [5.74, 6) is 0.765. The van der Waals surface area contributed by atoms with E-state index in [1.165, 1.54) is 5.56 Å². The number of nitrogens with two attached hydrogens (primary N) is 1. The Balaban J connectivity index is 2.98. The van der Waals surface area contributed by atoms with Crippen molar-refractivity contribution in [3.63, 3.8) is 0 Å².